The van der Waals surface area contributed by atoms with Crippen molar-refractivity contribution in [3.63, 3.8) is 0 Å². The molecule has 0 atom stereocenters. The Bertz CT molecular complexity index is 925. The number of allylic oxidation sites excluding steroid dienone is 3. The Morgan fingerprint density at radius 1 is 1.06 bits per heavy atom. The van der Waals surface area contributed by atoms with Crippen LogP contribution >= 0.6 is 0 Å². The lowest BCUT2D eigenvalue weighted by molar-refractivity contribution is -0.162. The summed E-state index contributed by atoms with van der Waals surface area (Å²) >= 11 is 0. The van der Waals surface area contributed by atoms with Crippen LogP contribution in [-0.2, 0) is 22.6 Å². The van der Waals surface area contributed by atoms with Gasteiger partial charge in [-0.25, -0.2) is 4.79 Å². The molecule has 2 N–H and O–H groups in total. The second-order valence-electron chi connectivity index (χ2n) is 7.96. The summed E-state index contributed by atoms with van der Waals surface area (Å²) < 4.78 is 5.47. The highest BCUT2D eigenvalue weighted by Crippen LogP contribution is 2.15. The van der Waals surface area contributed by atoms with Crippen LogP contribution in [0.25, 0.3) is 0 Å². The number of hydrogen-bond donors (Lipinski definition) is 2. The molecule has 2 aromatic rings. The molecule has 5 heteroatoms. The van der Waals surface area contributed by atoms with E-state index >= 15 is 0 Å². The van der Waals surface area contributed by atoms with E-state index in [0.717, 1.165) is 24.0 Å². The largest absolute Gasteiger partial charge is 0.479 e. The monoisotopic (exact) mass is 421 g/mol. The number of rotatable bonds is 12. The maximum atomic E-state index is 12.7. The van der Waals surface area contributed by atoms with Crippen LogP contribution in [-0.4, -0.2) is 29.0 Å². The Labute approximate surface area is 184 Å². The fourth-order valence-corrected chi connectivity index (χ4v) is 2.84. The van der Waals surface area contributed by atoms with Crippen LogP contribution in [0.4, 0.5) is 0 Å². The minimum absolute atomic E-state index is 0.0477. The van der Waals surface area contributed by atoms with Gasteiger partial charge in [0.2, 0.25) is 5.78 Å². The molecule has 0 amide bonds. The van der Waals surface area contributed by atoms with Crippen LogP contribution in [0.5, 0.6) is 0 Å². The first-order chi connectivity index (χ1) is 14.7. The Balaban J connectivity index is 1.83. The molecule has 0 aliphatic heterocycles. The highest BCUT2D eigenvalue weighted by molar-refractivity contribution is 6.08. The topological polar surface area (TPSA) is 75.6 Å². The summed E-state index contributed by atoms with van der Waals surface area (Å²) in [5.74, 6) is -1.03. The van der Waals surface area contributed by atoms with Gasteiger partial charge in [0.1, 0.15) is 0 Å². The van der Waals surface area contributed by atoms with Crippen molar-refractivity contribution in [2.75, 3.05) is 6.54 Å². The Kier molecular flexibility index (Phi) is 8.76. The minimum atomic E-state index is -1.21. The third-order valence-corrected chi connectivity index (χ3v) is 4.94. The molecule has 0 saturated carbocycles. The van der Waals surface area contributed by atoms with Gasteiger partial charge < -0.3 is 15.2 Å². The third kappa shape index (κ3) is 7.54. The average Bonchev–Trinajstić information content (AvgIpc) is 2.75. The van der Waals surface area contributed by atoms with Crippen molar-refractivity contribution < 1.29 is 19.4 Å². The molecule has 0 bridgehead atoms. The molecule has 164 valence electrons. The first kappa shape index (κ1) is 24.1. The second-order valence-corrected chi connectivity index (χ2v) is 7.96. The van der Waals surface area contributed by atoms with Gasteiger partial charge >= 0.3 is 5.97 Å². The van der Waals surface area contributed by atoms with Gasteiger partial charge in [0.25, 0.3) is 0 Å². The number of carbonyl (C=O) groups is 2. The molecule has 0 unspecified atom stereocenters. The summed E-state index contributed by atoms with van der Waals surface area (Å²) in [6.07, 6.45) is 5.03. The van der Waals surface area contributed by atoms with Crippen LogP contribution in [0.3, 0.4) is 0 Å². The van der Waals surface area contributed by atoms with Crippen molar-refractivity contribution in [1.29, 1.82) is 0 Å². The molecule has 0 heterocycles. The number of ether oxygens (including phenoxy) is 1. The summed E-state index contributed by atoms with van der Waals surface area (Å²) in [5.41, 5.74) is 3.18. The van der Waals surface area contributed by atoms with E-state index in [2.05, 4.69) is 11.9 Å². The van der Waals surface area contributed by atoms with E-state index in [9.17, 15) is 9.59 Å². The van der Waals surface area contributed by atoms with E-state index in [4.69, 9.17) is 9.84 Å². The SMILES string of the molecule is C=C/C=C(\NCCCc1ccc(COC(C)(C)C(=O)O)cc1)C(=O)c1ccc(C)cc1. The van der Waals surface area contributed by atoms with Crippen molar-refractivity contribution >= 4 is 11.8 Å². The number of Topliss-reactive ketones (excluding diaryl/α,β-unsaturated/α-hetero) is 1. The van der Waals surface area contributed by atoms with Gasteiger partial charge in [-0.2, -0.15) is 0 Å². The van der Waals surface area contributed by atoms with Gasteiger partial charge in [0.15, 0.2) is 5.60 Å². The molecule has 31 heavy (non-hydrogen) atoms. The highest BCUT2D eigenvalue weighted by Gasteiger charge is 2.27. The number of aliphatic carboxylic acids is 1. The van der Waals surface area contributed by atoms with Crippen LogP contribution in [0, 0.1) is 6.92 Å². The molecule has 2 rings (SSSR count). The average molecular weight is 422 g/mol. The smallest absolute Gasteiger partial charge is 0.335 e. The number of benzene rings is 2. The maximum Gasteiger partial charge on any atom is 0.335 e. The van der Waals surface area contributed by atoms with Gasteiger partial charge in [-0.3, -0.25) is 4.79 Å². The van der Waals surface area contributed by atoms with Gasteiger partial charge in [-0.15, -0.1) is 0 Å². The molecule has 0 saturated heterocycles. The van der Waals surface area contributed by atoms with Crippen LogP contribution in [0.2, 0.25) is 0 Å². The van der Waals surface area contributed by atoms with Crippen molar-refractivity contribution in [3.05, 3.63) is 95.2 Å². The summed E-state index contributed by atoms with van der Waals surface area (Å²) in [7, 11) is 0. The predicted octanol–water partition coefficient (Wildman–Crippen LogP) is 4.85. The number of carbonyl (C=O) groups excluding carboxylic acids is 1. The summed E-state index contributed by atoms with van der Waals surface area (Å²) in [5, 5.41) is 12.3. The number of ketones is 1. The molecule has 2 aromatic carbocycles. The van der Waals surface area contributed by atoms with Crippen molar-refractivity contribution in [2.24, 2.45) is 0 Å². The third-order valence-electron chi connectivity index (χ3n) is 4.94. The van der Waals surface area contributed by atoms with E-state index in [0.29, 0.717) is 17.8 Å². The van der Waals surface area contributed by atoms with Crippen molar-refractivity contribution in [3.8, 4) is 0 Å². The first-order valence-corrected chi connectivity index (χ1v) is 10.4. The zero-order valence-electron chi connectivity index (χ0n) is 18.5. The second kappa shape index (κ2) is 11.3. The number of carboxylic acids is 1. The van der Waals surface area contributed by atoms with E-state index in [1.165, 1.54) is 19.4 Å². The van der Waals surface area contributed by atoms with Crippen molar-refractivity contribution in [1.82, 2.24) is 5.32 Å². The van der Waals surface area contributed by atoms with E-state index in [1.54, 1.807) is 12.2 Å². The van der Waals surface area contributed by atoms with Gasteiger partial charge in [0, 0.05) is 12.1 Å². The lowest BCUT2D eigenvalue weighted by Gasteiger charge is -2.20. The molecule has 0 radical (unpaired) electrons. The zero-order valence-corrected chi connectivity index (χ0v) is 18.5. The standard InChI is InChI=1S/C26H31NO4/c1-5-7-23(24(28)22-15-9-19(2)10-16-22)27-17-6-8-20-11-13-21(14-12-20)18-31-26(3,4)25(29)30/h5,7,9-16,27H,1,6,8,17-18H2,2-4H3,(H,29,30)/b23-7-. The van der Waals surface area contributed by atoms with Gasteiger partial charge in [0.05, 0.1) is 12.3 Å². The fraction of sp³-hybridized carbons (Fsp3) is 0.308. The van der Waals surface area contributed by atoms with Gasteiger partial charge in [-0.05, 0) is 50.8 Å². The lowest BCUT2D eigenvalue weighted by atomic mass is 10.1. The van der Waals surface area contributed by atoms with Crippen LogP contribution in [0.1, 0.15) is 47.3 Å². The fourth-order valence-electron chi connectivity index (χ4n) is 2.84. The highest BCUT2D eigenvalue weighted by atomic mass is 16.5. The summed E-state index contributed by atoms with van der Waals surface area (Å²) in [6.45, 7) is 9.68. The normalized spacial score (nSPS) is 11.8. The first-order valence-electron chi connectivity index (χ1n) is 10.4. The summed E-state index contributed by atoms with van der Waals surface area (Å²) in [4.78, 5) is 23.8. The molecule has 0 fully saturated rings. The Morgan fingerprint density at radius 3 is 2.26 bits per heavy atom. The molecular weight excluding hydrogens is 390 g/mol. The maximum absolute atomic E-state index is 12.7. The zero-order chi connectivity index (χ0) is 22.9. The number of aryl methyl sites for hydroxylation is 2. The summed E-state index contributed by atoms with van der Waals surface area (Å²) in [6, 6.07) is 15.5. The Morgan fingerprint density at radius 2 is 1.68 bits per heavy atom. The molecule has 0 spiro atoms. The van der Waals surface area contributed by atoms with E-state index in [1.807, 2.05) is 55.5 Å². The molecule has 5 nitrogen and oxygen atoms in total. The Hall–Kier alpha value is -3.18. The number of carboxylic acid groups (broad SMARTS) is 1. The molecule has 0 aliphatic carbocycles. The van der Waals surface area contributed by atoms with E-state index < -0.39 is 11.6 Å². The van der Waals surface area contributed by atoms with Crippen molar-refractivity contribution in [2.45, 2.75) is 45.8 Å². The van der Waals surface area contributed by atoms with E-state index in [-0.39, 0.29) is 12.4 Å². The van der Waals surface area contributed by atoms with Crippen LogP contribution < -0.4 is 5.32 Å². The molecule has 0 aliphatic rings. The number of nitrogens with one attached hydrogen (secondary N) is 1. The van der Waals surface area contributed by atoms with Crippen LogP contribution in [0.15, 0.2) is 73.0 Å². The number of hydrogen-bond acceptors (Lipinski definition) is 4. The molecular formula is C26H31NO4. The molecule has 0 aromatic heterocycles. The quantitative estimate of drug-likeness (QED) is 0.222. The lowest BCUT2D eigenvalue weighted by Crippen LogP contribution is -2.34. The minimum Gasteiger partial charge on any atom is -0.479 e. The predicted molar refractivity (Wildman–Crippen MR) is 123 cm³/mol. The van der Waals surface area contributed by atoms with Gasteiger partial charge in [-0.1, -0.05) is 66.7 Å².